The van der Waals surface area contributed by atoms with E-state index in [4.69, 9.17) is 0 Å². The topological polar surface area (TPSA) is 44.4 Å². The van der Waals surface area contributed by atoms with Crippen molar-refractivity contribution in [2.45, 2.75) is 50.6 Å². The third-order valence-corrected chi connectivity index (χ3v) is 4.83. The van der Waals surface area contributed by atoms with Crippen molar-refractivity contribution >= 4 is 5.91 Å². The van der Waals surface area contributed by atoms with Gasteiger partial charge in [0.25, 0.3) is 0 Å². The van der Waals surface area contributed by atoms with E-state index >= 15 is 0 Å². The molecule has 4 heteroatoms. The largest absolute Gasteiger partial charge is 0.353 e. The van der Waals surface area contributed by atoms with Crippen LogP contribution < -0.4 is 10.6 Å². The molecule has 2 unspecified atom stereocenters. The highest BCUT2D eigenvalue weighted by atomic mass is 16.2. The van der Waals surface area contributed by atoms with Gasteiger partial charge in [0.2, 0.25) is 5.91 Å². The van der Waals surface area contributed by atoms with Gasteiger partial charge in [-0.05, 0) is 51.6 Å². The van der Waals surface area contributed by atoms with Gasteiger partial charge in [-0.1, -0.05) is 0 Å². The van der Waals surface area contributed by atoms with Crippen LogP contribution in [-0.4, -0.2) is 49.1 Å². The van der Waals surface area contributed by atoms with Crippen LogP contribution >= 0.6 is 0 Å². The van der Waals surface area contributed by atoms with Gasteiger partial charge in [-0.15, -0.1) is 0 Å². The minimum Gasteiger partial charge on any atom is -0.353 e. The number of hydrogen-bond donors (Lipinski definition) is 2. The first-order chi connectivity index (χ1) is 8.83. The van der Waals surface area contributed by atoms with Crippen LogP contribution in [0.2, 0.25) is 0 Å². The summed E-state index contributed by atoms with van der Waals surface area (Å²) in [6, 6.07) is 1.17. The molecule has 0 saturated carbocycles. The molecule has 4 nitrogen and oxygen atoms in total. The lowest BCUT2D eigenvalue weighted by Gasteiger charge is -2.36. The quantitative estimate of drug-likeness (QED) is 0.760. The molecule has 0 bridgehead atoms. The molecule has 0 aromatic carbocycles. The number of nitrogens with one attached hydrogen (secondary N) is 2. The molecule has 3 atom stereocenters. The van der Waals surface area contributed by atoms with Crippen LogP contribution in [0.5, 0.6) is 0 Å². The molecule has 0 aromatic heterocycles. The Bertz CT molecular complexity index is 301. The highest BCUT2D eigenvalue weighted by Crippen LogP contribution is 2.27. The average Bonchev–Trinajstić information content (AvgIpc) is 2.87. The number of amides is 1. The summed E-state index contributed by atoms with van der Waals surface area (Å²) in [5.74, 6) is 0.499. The molecule has 1 amide bonds. The molecule has 0 aliphatic carbocycles. The van der Waals surface area contributed by atoms with E-state index in [2.05, 4.69) is 15.5 Å². The Hall–Kier alpha value is -0.610. The second-order valence-electron chi connectivity index (χ2n) is 6.11. The predicted octanol–water partition coefficient (Wildman–Crippen LogP) is 0.729. The SMILES string of the molecule is O=C(NC1CCN2CCCC2C1)[C@@H]1CCCNC1. The fourth-order valence-electron chi connectivity index (χ4n) is 3.75. The number of fused-ring (bicyclic) bond motifs is 1. The fraction of sp³-hybridized carbons (Fsp3) is 0.929. The fourth-order valence-corrected chi connectivity index (χ4v) is 3.75. The zero-order chi connectivity index (χ0) is 12.4. The van der Waals surface area contributed by atoms with E-state index in [1.807, 2.05) is 0 Å². The monoisotopic (exact) mass is 251 g/mol. The van der Waals surface area contributed by atoms with Gasteiger partial charge in [-0.2, -0.15) is 0 Å². The third-order valence-electron chi connectivity index (χ3n) is 4.83. The van der Waals surface area contributed by atoms with Crippen molar-refractivity contribution < 1.29 is 4.79 Å². The Morgan fingerprint density at radius 1 is 1.17 bits per heavy atom. The van der Waals surface area contributed by atoms with Crippen LogP contribution in [0, 0.1) is 5.92 Å². The van der Waals surface area contributed by atoms with E-state index in [0.29, 0.717) is 11.9 Å². The smallest absolute Gasteiger partial charge is 0.224 e. The Labute approximate surface area is 109 Å². The van der Waals surface area contributed by atoms with E-state index in [1.165, 1.54) is 32.4 Å². The summed E-state index contributed by atoms with van der Waals surface area (Å²) in [7, 11) is 0. The minimum absolute atomic E-state index is 0.209. The average molecular weight is 251 g/mol. The molecule has 0 spiro atoms. The number of carbonyl (C=O) groups is 1. The van der Waals surface area contributed by atoms with E-state index in [1.54, 1.807) is 0 Å². The number of rotatable bonds is 2. The van der Waals surface area contributed by atoms with Crippen LogP contribution in [0.3, 0.4) is 0 Å². The molecule has 3 aliphatic heterocycles. The summed E-state index contributed by atoms with van der Waals surface area (Å²) in [5, 5.41) is 6.62. The van der Waals surface area contributed by atoms with E-state index in [-0.39, 0.29) is 5.92 Å². The first kappa shape index (κ1) is 12.4. The van der Waals surface area contributed by atoms with Gasteiger partial charge in [0.15, 0.2) is 0 Å². The molecule has 18 heavy (non-hydrogen) atoms. The molecule has 2 N–H and O–H groups in total. The summed E-state index contributed by atoms with van der Waals surface area (Å²) in [6.07, 6.45) is 7.18. The lowest BCUT2D eigenvalue weighted by Crippen LogP contribution is -2.50. The van der Waals surface area contributed by atoms with E-state index < -0.39 is 0 Å². The third kappa shape index (κ3) is 2.69. The van der Waals surface area contributed by atoms with Crippen molar-refractivity contribution in [2.75, 3.05) is 26.2 Å². The molecule has 0 aromatic rings. The summed E-state index contributed by atoms with van der Waals surface area (Å²) in [5.41, 5.74) is 0. The summed E-state index contributed by atoms with van der Waals surface area (Å²) >= 11 is 0. The van der Waals surface area contributed by atoms with E-state index in [0.717, 1.165) is 38.4 Å². The van der Waals surface area contributed by atoms with Crippen LogP contribution in [-0.2, 0) is 4.79 Å². The van der Waals surface area contributed by atoms with Crippen LogP contribution in [0.15, 0.2) is 0 Å². The van der Waals surface area contributed by atoms with Gasteiger partial charge < -0.3 is 15.5 Å². The van der Waals surface area contributed by atoms with Crippen molar-refractivity contribution in [1.82, 2.24) is 15.5 Å². The summed E-state index contributed by atoms with van der Waals surface area (Å²) < 4.78 is 0. The highest BCUT2D eigenvalue weighted by molar-refractivity contribution is 5.79. The Morgan fingerprint density at radius 3 is 2.94 bits per heavy atom. The molecule has 3 aliphatic rings. The Balaban J connectivity index is 1.48. The predicted molar refractivity (Wildman–Crippen MR) is 71.4 cm³/mol. The van der Waals surface area contributed by atoms with Crippen molar-refractivity contribution in [2.24, 2.45) is 5.92 Å². The normalized spacial score (nSPS) is 37.2. The van der Waals surface area contributed by atoms with Gasteiger partial charge in [-0.3, -0.25) is 4.79 Å². The van der Waals surface area contributed by atoms with Crippen molar-refractivity contribution in [3.8, 4) is 0 Å². The van der Waals surface area contributed by atoms with E-state index in [9.17, 15) is 4.79 Å². The summed E-state index contributed by atoms with van der Waals surface area (Å²) in [6.45, 7) is 4.40. The van der Waals surface area contributed by atoms with Crippen LogP contribution in [0.1, 0.15) is 38.5 Å². The highest BCUT2D eigenvalue weighted by Gasteiger charge is 2.33. The molecule has 3 rings (SSSR count). The molecule has 0 radical (unpaired) electrons. The number of hydrogen-bond acceptors (Lipinski definition) is 3. The maximum atomic E-state index is 12.2. The minimum atomic E-state index is 0.209. The van der Waals surface area contributed by atoms with Crippen LogP contribution in [0.4, 0.5) is 0 Å². The summed E-state index contributed by atoms with van der Waals surface area (Å²) in [4.78, 5) is 14.8. The zero-order valence-corrected chi connectivity index (χ0v) is 11.2. The van der Waals surface area contributed by atoms with Gasteiger partial charge in [-0.25, -0.2) is 0 Å². The first-order valence-corrected chi connectivity index (χ1v) is 7.58. The zero-order valence-electron chi connectivity index (χ0n) is 11.2. The molecular formula is C14H25N3O. The van der Waals surface area contributed by atoms with Crippen molar-refractivity contribution in [1.29, 1.82) is 0 Å². The lowest BCUT2D eigenvalue weighted by atomic mass is 9.95. The second kappa shape index (κ2) is 5.57. The number of piperidine rings is 2. The lowest BCUT2D eigenvalue weighted by molar-refractivity contribution is -0.126. The van der Waals surface area contributed by atoms with Crippen molar-refractivity contribution in [3.05, 3.63) is 0 Å². The molecule has 3 fully saturated rings. The molecule has 102 valence electrons. The maximum Gasteiger partial charge on any atom is 0.224 e. The Kier molecular flexibility index (Phi) is 3.85. The van der Waals surface area contributed by atoms with Gasteiger partial charge >= 0.3 is 0 Å². The van der Waals surface area contributed by atoms with Gasteiger partial charge in [0.1, 0.15) is 0 Å². The van der Waals surface area contributed by atoms with Crippen molar-refractivity contribution in [3.63, 3.8) is 0 Å². The number of nitrogens with zero attached hydrogens (tertiary/aromatic N) is 1. The first-order valence-electron chi connectivity index (χ1n) is 7.58. The standard InChI is InChI=1S/C14H25N3O/c18-14(11-3-1-6-15-10-11)16-12-5-8-17-7-2-4-13(17)9-12/h11-13,15H,1-10H2,(H,16,18)/t11-,12?,13?/m1/s1. The van der Waals surface area contributed by atoms with Gasteiger partial charge in [0.05, 0.1) is 5.92 Å². The maximum absolute atomic E-state index is 12.2. The molecule has 3 saturated heterocycles. The van der Waals surface area contributed by atoms with Gasteiger partial charge in [0, 0.05) is 25.2 Å². The number of carbonyl (C=O) groups excluding carboxylic acids is 1. The molecular weight excluding hydrogens is 226 g/mol. The Morgan fingerprint density at radius 2 is 2.11 bits per heavy atom. The van der Waals surface area contributed by atoms with Crippen LogP contribution in [0.25, 0.3) is 0 Å². The second-order valence-corrected chi connectivity index (χ2v) is 6.11. The molecule has 3 heterocycles.